The molecule has 1 aromatic rings. The maximum Gasteiger partial charge on any atom is 0.315 e. The first-order valence-corrected chi connectivity index (χ1v) is 9.78. The molecule has 4 aliphatic rings. The summed E-state index contributed by atoms with van der Waals surface area (Å²) in [6.45, 7) is 0.201. The van der Waals surface area contributed by atoms with E-state index in [9.17, 15) is 22.8 Å². The van der Waals surface area contributed by atoms with Crippen LogP contribution in [-0.2, 0) is 4.79 Å². The van der Waals surface area contributed by atoms with Crippen molar-refractivity contribution in [3.8, 4) is 0 Å². The maximum absolute atomic E-state index is 13.6. The first kappa shape index (κ1) is 19.1. The fourth-order valence-corrected chi connectivity index (χ4v) is 5.81. The van der Waals surface area contributed by atoms with Gasteiger partial charge in [-0.3, -0.25) is 4.79 Å². The molecule has 0 radical (unpaired) electrons. The number of carbonyl (C=O) groups is 2. The van der Waals surface area contributed by atoms with Crippen LogP contribution in [0.3, 0.4) is 0 Å². The predicted molar refractivity (Wildman–Crippen MR) is 97.0 cm³/mol. The van der Waals surface area contributed by atoms with Crippen LogP contribution < -0.4 is 16.0 Å². The summed E-state index contributed by atoms with van der Waals surface area (Å²) in [6, 6.07) is 1.19. The number of rotatable bonds is 5. The standard InChI is InChI=1S/C20H24F3N3O2/c21-14-1-2-15(18(23)17(14)22)26-16(27)9-24-19(28)25-10-20-6-11-3-12(7-20)5-13(4-11)8-20/h1-2,11-13H,3-10H2,(H,26,27)(H2,24,25,28). The van der Waals surface area contributed by atoms with Crippen LogP contribution in [0.2, 0.25) is 0 Å². The summed E-state index contributed by atoms with van der Waals surface area (Å²) in [7, 11) is 0. The van der Waals surface area contributed by atoms with Crippen LogP contribution in [-0.4, -0.2) is 25.0 Å². The third kappa shape index (κ3) is 3.82. The third-order valence-electron chi connectivity index (χ3n) is 6.51. The highest BCUT2D eigenvalue weighted by molar-refractivity contribution is 5.94. The Morgan fingerprint density at radius 1 is 0.929 bits per heavy atom. The summed E-state index contributed by atoms with van der Waals surface area (Å²) >= 11 is 0. The van der Waals surface area contributed by atoms with Gasteiger partial charge in [-0.1, -0.05) is 0 Å². The number of hydrogen-bond acceptors (Lipinski definition) is 2. The highest BCUT2D eigenvalue weighted by Gasteiger charge is 2.50. The second kappa shape index (κ2) is 7.29. The minimum absolute atomic E-state index is 0.184. The molecule has 0 heterocycles. The lowest BCUT2D eigenvalue weighted by molar-refractivity contribution is -0.115. The Morgan fingerprint density at radius 3 is 2.14 bits per heavy atom. The van der Waals surface area contributed by atoms with E-state index in [0.29, 0.717) is 6.54 Å². The van der Waals surface area contributed by atoms with Gasteiger partial charge in [-0.15, -0.1) is 0 Å². The molecule has 4 aliphatic carbocycles. The number of halogens is 3. The number of urea groups is 1. The molecule has 1 aromatic carbocycles. The topological polar surface area (TPSA) is 70.2 Å². The molecule has 0 saturated heterocycles. The lowest BCUT2D eigenvalue weighted by Crippen LogP contribution is -2.52. The largest absolute Gasteiger partial charge is 0.338 e. The molecule has 4 fully saturated rings. The van der Waals surface area contributed by atoms with E-state index in [2.05, 4.69) is 16.0 Å². The van der Waals surface area contributed by atoms with Gasteiger partial charge in [0.15, 0.2) is 17.5 Å². The highest BCUT2D eigenvalue weighted by atomic mass is 19.2. The van der Waals surface area contributed by atoms with Crippen LogP contribution in [0.25, 0.3) is 0 Å². The monoisotopic (exact) mass is 395 g/mol. The molecule has 28 heavy (non-hydrogen) atoms. The maximum atomic E-state index is 13.6. The van der Waals surface area contributed by atoms with Gasteiger partial charge in [0, 0.05) is 6.54 Å². The Bertz CT molecular complexity index is 764. The van der Waals surface area contributed by atoms with Crippen LogP contribution >= 0.6 is 0 Å². The van der Waals surface area contributed by atoms with Crippen molar-refractivity contribution in [1.29, 1.82) is 0 Å². The molecule has 0 aromatic heterocycles. The summed E-state index contributed by atoms with van der Waals surface area (Å²) in [5.74, 6) is -2.83. The quantitative estimate of drug-likeness (QED) is 0.668. The molecule has 152 valence electrons. The number of carbonyl (C=O) groups excluding carboxylic acids is 2. The molecule has 4 bridgehead atoms. The van der Waals surface area contributed by atoms with E-state index in [-0.39, 0.29) is 5.41 Å². The minimum Gasteiger partial charge on any atom is -0.338 e. The Balaban J connectivity index is 1.24. The number of anilines is 1. The average Bonchev–Trinajstić information content (AvgIpc) is 2.64. The van der Waals surface area contributed by atoms with Crippen molar-refractivity contribution < 1.29 is 22.8 Å². The normalized spacial score (nSPS) is 30.2. The van der Waals surface area contributed by atoms with Gasteiger partial charge in [-0.25, -0.2) is 18.0 Å². The fraction of sp³-hybridized carbons (Fsp3) is 0.600. The molecule has 5 nitrogen and oxygen atoms in total. The van der Waals surface area contributed by atoms with E-state index in [0.717, 1.165) is 49.1 Å². The summed E-state index contributed by atoms with van der Waals surface area (Å²) in [5.41, 5.74) is -0.289. The molecule has 0 spiro atoms. The van der Waals surface area contributed by atoms with E-state index >= 15 is 0 Å². The summed E-state index contributed by atoms with van der Waals surface area (Å²) in [5, 5.41) is 7.42. The van der Waals surface area contributed by atoms with E-state index in [1.807, 2.05) is 0 Å². The molecule has 3 N–H and O–H groups in total. The Hall–Kier alpha value is -2.25. The zero-order valence-corrected chi connectivity index (χ0v) is 15.5. The van der Waals surface area contributed by atoms with Crippen molar-refractivity contribution in [3.63, 3.8) is 0 Å². The molecule has 4 saturated carbocycles. The Morgan fingerprint density at radius 2 is 1.54 bits per heavy atom. The summed E-state index contributed by atoms with van der Waals surface area (Å²) < 4.78 is 39.7. The molecular weight excluding hydrogens is 371 g/mol. The van der Waals surface area contributed by atoms with Crippen molar-refractivity contribution >= 4 is 17.6 Å². The molecule has 0 unspecified atom stereocenters. The summed E-state index contributed by atoms with van der Waals surface area (Å²) in [6.07, 6.45) is 7.46. The molecule has 0 aliphatic heterocycles. The predicted octanol–water partition coefficient (Wildman–Crippen LogP) is 3.56. The van der Waals surface area contributed by atoms with Crippen molar-refractivity contribution in [2.24, 2.45) is 23.2 Å². The van der Waals surface area contributed by atoms with Gasteiger partial charge in [0.1, 0.15) is 0 Å². The van der Waals surface area contributed by atoms with Gasteiger partial charge >= 0.3 is 6.03 Å². The van der Waals surface area contributed by atoms with Crippen LogP contribution in [0.4, 0.5) is 23.7 Å². The second-order valence-electron chi connectivity index (χ2n) is 8.72. The van der Waals surface area contributed by atoms with Crippen LogP contribution in [0.1, 0.15) is 38.5 Å². The van der Waals surface area contributed by atoms with Gasteiger partial charge in [-0.2, -0.15) is 0 Å². The lowest BCUT2D eigenvalue weighted by atomic mass is 9.49. The van der Waals surface area contributed by atoms with Gasteiger partial charge in [0.05, 0.1) is 12.2 Å². The van der Waals surface area contributed by atoms with E-state index in [1.54, 1.807) is 0 Å². The second-order valence-corrected chi connectivity index (χ2v) is 8.72. The van der Waals surface area contributed by atoms with Crippen molar-refractivity contribution in [2.75, 3.05) is 18.4 Å². The molecule has 0 atom stereocenters. The number of amides is 3. The first-order valence-electron chi connectivity index (χ1n) is 9.78. The highest BCUT2D eigenvalue weighted by Crippen LogP contribution is 2.59. The van der Waals surface area contributed by atoms with Gasteiger partial charge in [0.25, 0.3) is 0 Å². The van der Waals surface area contributed by atoms with Crippen LogP contribution in [0.5, 0.6) is 0 Å². The van der Waals surface area contributed by atoms with Gasteiger partial charge in [-0.05, 0) is 73.8 Å². The Labute approximate surface area is 161 Å². The minimum atomic E-state index is -1.65. The molecule has 3 amide bonds. The van der Waals surface area contributed by atoms with Gasteiger partial charge < -0.3 is 16.0 Å². The Kier molecular flexibility index (Phi) is 4.97. The van der Waals surface area contributed by atoms with Crippen molar-refractivity contribution in [2.45, 2.75) is 38.5 Å². The van der Waals surface area contributed by atoms with Crippen LogP contribution in [0, 0.1) is 40.6 Å². The van der Waals surface area contributed by atoms with Crippen molar-refractivity contribution in [3.05, 3.63) is 29.6 Å². The van der Waals surface area contributed by atoms with E-state index in [4.69, 9.17) is 0 Å². The average molecular weight is 395 g/mol. The molecular formula is C20H24F3N3O2. The number of hydrogen-bond donors (Lipinski definition) is 3. The smallest absolute Gasteiger partial charge is 0.315 e. The first-order chi connectivity index (χ1) is 13.3. The van der Waals surface area contributed by atoms with E-state index < -0.39 is 41.6 Å². The van der Waals surface area contributed by atoms with Gasteiger partial charge in [0.2, 0.25) is 5.91 Å². The summed E-state index contributed by atoms with van der Waals surface area (Å²) in [4.78, 5) is 23.9. The molecule has 5 rings (SSSR count). The zero-order valence-electron chi connectivity index (χ0n) is 15.5. The van der Waals surface area contributed by atoms with Crippen LogP contribution in [0.15, 0.2) is 12.1 Å². The van der Waals surface area contributed by atoms with Crippen molar-refractivity contribution in [1.82, 2.24) is 10.6 Å². The molecule has 8 heteroatoms. The van der Waals surface area contributed by atoms with E-state index in [1.165, 1.54) is 19.3 Å². The number of benzene rings is 1. The lowest BCUT2D eigenvalue weighted by Gasteiger charge is -2.56. The SMILES string of the molecule is O=C(CNC(=O)NCC12CC3CC(CC(C3)C1)C2)Nc1ccc(F)c(F)c1F. The third-order valence-corrected chi connectivity index (χ3v) is 6.51. The fourth-order valence-electron chi connectivity index (χ4n) is 5.81. The number of nitrogens with one attached hydrogen (secondary N) is 3. The zero-order chi connectivity index (χ0) is 19.9.